The number of benzene rings is 1. The summed E-state index contributed by atoms with van der Waals surface area (Å²) in [4.78, 5) is 38.2. The first-order chi connectivity index (χ1) is 16.7. The third kappa shape index (κ3) is 5.40. The predicted octanol–water partition coefficient (Wildman–Crippen LogP) is 3.76. The van der Waals surface area contributed by atoms with Crippen LogP contribution in [-0.4, -0.2) is 58.8 Å². The average molecular weight is 478 g/mol. The molecule has 2 aromatic rings. The van der Waals surface area contributed by atoms with Gasteiger partial charge in [-0.05, 0) is 57.2 Å². The third-order valence-electron chi connectivity index (χ3n) is 8.40. The van der Waals surface area contributed by atoms with Gasteiger partial charge in [-0.3, -0.25) is 14.5 Å². The lowest BCUT2D eigenvalue weighted by atomic mass is 9.64. The molecular formula is C28H39N5O2. The summed E-state index contributed by atoms with van der Waals surface area (Å²) in [5.41, 5.74) is 1.77. The molecule has 2 aliphatic rings. The van der Waals surface area contributed by atoms with Gasteiger partial charge in [-0.1, -0.05) is 44.2 Å². The molecule has 2 heterocycles. The van der Waals surface area contributed by atoms with Crippen LogP contribution in [0.1, 0.15) is 63.5 Å². The molecule has 2 amide bonds. The van der Waals surface area contributed by atoms with E-state index in [1.54, 1.807) is 12.4 Å². The quantitative estimate of drug-likeness (QED) is 0.626. The summed E-state index contributed by atoms with van der Waals surface area (Å²) >= 11 is 0. The van der Waals surface area contributed by atoms with E-state index in [9.17, 15) is 9.59 Å². The van der Waals surface area contributed by atoms with E-state index in [2.05, 4.69) is 64.6 Å². The maximum Gasteiger partial charge on any atom is 0.225 e. The van der Waals surface area contributed by atoms with E-state index in [0.29, 0.717) is 25.9 Å². The van der Waals surface area contributed by atoms with E-state index < -0.39 is 5.41 Å². The zero-order valence-corrected chi connectivity index (χ0v) is 21.6. The van der Waals surface area contributed by atoms with Crippen molar-refractivity contribution < 1.29 is 9.59 Å². The van der Waals surface area contributed by atoms with Gasteiger partial charge in [-0.2, -0.15) is 0 Å². The molecule has 1 saturated heterocycles. The Morgan fingerprint density at radius 1 is 1.09 bits per heavy atom. The van der Waals surface area contributed by atoms with E-state index in [4.69, 9.17) is 0 Å². The number of hydrogen-bond acceptors (Lipinski definition) is 5. The highest BCUT2D eigenvalue weighted by molar-refractivity contribution is 5.82. The SMILES string of the molecule is CN(C)[C@]1(c2ccccc2)CC[C@@]2(CC1)CC(=O)N(CCC(C)(C)C(=O)NCc1cncnc1)C2. The van der Waals surface area contributed by atoms with Crippen molar-refractivity contribution in [3.8, 4) is 0 Å². The van der Waals surface area contributed by atoms with Crippen molar-refractivity contribution in [2.45, 2.75) is 64.5 Å². The Labute approximate surface area is 209 Å². The van der Waals surface area contributed by atoms with E-state index in [0.717, 1.165) is 37.8 Å². The molecule has 0 unspecified atom stereocenters. The molecule has 188 valence electrons. The van der Waals surface area contributed by atoms with E-state index in [1.807, 2.05) is 18.7 Å². The van der Waals surface area contributed by atoms with Crippen LogP contribution in [0.4, 0.5) is 0 Å². The van der Waals surface area contributed by atoms with Crippen molar-refractivity contribution in [1.82, 2.24) is 25.1 Å². The van der Waals surface area contributed by atoms with Crippen LogP contribution >= 0.6 is 0 Å². The summed E-state index contributed by atoms with van der Waals surface area (Å²) in [6, 6.07) is 10.8. The number of likely N-dealkylation sites (tertiary alicyclic amines) is 1. The van der Waals surface area contributed by atoms with Gasteiger partial charge in [0.2, 0.25) is 11.8 Å². The number of carbonyl (C=O) groups is 2. The smallest absolute Gasteiger partial charge is 0.225 e. The lowest BCUT2D eigenvalue weighted by Crippen LogP contribution is -2.47. The van der Waals surface area contributed by atoms with Crippen LogP contribution in [0.15, 0.2) is 49.1 Å². The Balaban J connectivity index is 1.33. The number of nitrogens with zero attached hydrogens (tertiary/aromatic N) is 4. The second-order valence-electron chi connectivity index (χ2n) is 11.3. The first kappa shape index (κ1) is 25.3. The van der Waals surface area contributed by atoms with Crippen LogP contribution < -0.4 is 5.32 Å². The molecule has 7 nitrogen and oxygen atoms in total. The summed E-state index contributed by atoms with van der Waals surface area (Å²) in [5, 5.41) is 2.99. The maximum absolute atomic E-state index is 13.0. The molecule has 35 heavy (non-hydrogen) atoms. The van der Waals surface area contributed by atoms with E-state index in [-0.39, 0.29) is 22.8 Å². The minimum absolute atomic E-state index is 0.0148. The predicted molar refractivity (Wildman–Crippen MR) is 136 cm³/mol. The Morgan fingerprint density at radius 3 is 2.37 bits per heavy atom. The average Bonchev–Trinajstić information content (AvgIpc) is 3.17. The molecule has 4 rings (SSSR count). The minimum Gasteiger partial charge on any atom is -0.351 e. The van der Waals surface area contributed by atoms with Crippen molar-refractivity contribution in [3.05, 3.63) is 60.2 Å². The maximum atomic E-state index is 13.0. The Morgan fingerprint density at radius 2 is 1.74 bits per heavy atom. The summed E-state index contributed by atoms with van der Waals surface area (Å²) < 4.78 is 0. The topological polar surface area (TPSA) is 78.4 Å². The molecule has 1 spiro atoms. The van der Waals surface area contributed by atoms with Crippen LogP contribution in [0.5, 0.6) is 0 Å². The standard InChI is InChI=1S/C28H39N5O2/c1-26(2,25(35)31-19-22-17-29-21-30-18-22)14-15-33-20-27(16-24(33)34)10-12-28(13-11-27,32(3)4)23-8-6-5-7-9-23/h5-9,17-18,21H,10-16,19-20H2,1-4H3,(H,31,35)/t27-,28-. The Kier molecular flexibility index (Phi) is 7.27. The van der Waals surface area contributed by atoms with Gasteiger partial charge in [0.1, 0.15) is 6.33 Å². The van der Waals surface area contributed by atoms with Crippen molar-refractivity contribution >= 4 is 11.8 Å². The highest BCUT2D eigenvalue weighted by Crippen LogP contribution is 2.52. The van der Waals surface area contributed by atoms with E-state index >= 15 is 0 Å². The zero-order chi connectivity index (χ0) is 25.1. The summed E-state index contributed by atoms with van der Waals surface area (Å²) in [7, 11) is 4.35. The molecule has 1 aromatic heterocycles. The molecule has 1 aliphatic carbocycles. The van der Waals surface area contributed by atoms with Crippen molar-refractivity contribution in [2.24, 2.45) is 10.8 Å². The highest BCUT2D eigenvalue weighted by atomic mass is 16.2. The number of hydrogen-bond donors (Lipinski definition) is 1. The van der Waals surface area contributed by atoms with Gasteiger partial charge in [0, 0.05) is 55.0 Å². The second kappa shape index (κ2) is 10.1. The first-order valence-electron chi connectivity index (χ1n) is 12.7. The molecule has 1 aliphatic heterocycles. The molecule has 1 aromatic carbocycles. The number of nitrogens with one attached hydrogen (secondary N) is 1. The summed E-state index contributed by atoms with van der Waals surface area (Å²) in [6.45, 7) is 5.73. The first-order valence-corrected chi connectivity index (χ1v) is 12.7. The molecule has 0 bridgehead atoms. The third-order valence-corrected chi connectivity index (χ3v) is 8.40. The fraction of sp³-hybridized carbons (Fsp3) is 0.571. The van der Waals surface area contributed by atoms with Crippen LogP contribution in [0.25, 0.3) is 0 Å². The van der Waals surface area contributed by atoms with Crippen LogP contribution in [0, 0.1) is 10.8 Å². The normalized spacial score (nSPS) is 24.8. The molecular weight excluding hydrogens is 438 g/mol. The Hall–Kier alpha value is -2.80. The summed E-state index contributed by atoms with van der Waals surface area (Å²) in [5.74, 6) is 0.221. The zero-order valence-electron chi connectivity index (χ0n) is 21.6. The van der Waals surface area contributed by atoms with Crippen molar-refractivity contribution in [2.75, 3.05) is 27.2 Å². The second-order valence-corrected chi connectivity index (χ2v) is 11.3. The molecule has 0 atom stereocenters. The monoisotopic (exact) mass is 477 g/mol. The van der Waals surface area contributed by atoms with Gasteiger partial charge in [0.25, 0.3) is 0 Å². The number of aromatic nitrogens is 2. The molecule has 2 fully saturated rings. The Bertz CT molecular complexity index is 1010. The van der Waals surface area contributed by atoms with Crippen LogP contribution in [0.2, 0.25) is 0 Å². The highest BCUT2D eigenvalue weighted by Gasteiger charge is 2.50. The molecule has 0 radical (unpaired) electrons. The van der Waals surface area contributed by atoms with Gasteiger partial charge >= 0.3 is 0 Å². The van der Waals surface area contributed by atoms with Gasteiger partial charge in [0.05, 0.1) is 0 Å². The number of amides is 2. The largest absolute Gasteiger partial charge is 0.351 e. The molecule has 1 saturated carbocycles. The van der Waals surface area contributed by atoms with Crippen molar-refractivity contribution in [3.63, 3.8) is 0 Å². The van der Waals surface area contributed by atoms with Gasteiger partial charge in [-0.15, -0.1) is 0 Å². The molecule has 7 heteroatoms. The minimum atomic E-state index is -0.564. The number of carbonyl (C=O) groups excluding carboxylic acids is 2. The lowest BCUT2D eigenvalue weighted by molar-refractivity contribution is -0.132. The van der Waals surface area contributed by atoms with Gasteiger partial charge in [-0.25, -0.2) is 9.97 Å². The number of rotatable bonds is 8. The summed E-state index contributed by atoms with van der Waals surface area (Å²) in [6.07, 6.45) is 10.4. The van der Waals surface area contributed by atoms with Gasteiger partial charge < -0.3 is 10.2 Å². The van der Waals surface area contributed by atoms with E-state index in [1.165, 1.54) is 11.9 Å². The lowest BCUT2D eigenvalue weighted by Gasteiger charge is -2.49. The fourth-order valence-electron chi connectivity index (χ4n) is 5.83. The van der Waals surface area contributed by atoms with Crippen LogP contribution in [0.3, 0.4) is 0 Å². The van der Waals surface area contributed by atoms with Gasteiger partial charge in [0.15, 0.2) is 0 Å². The van der Waals surface area contributed by atoms with Crippen molar-refractivity contribution in [1.29, 1.82) is 0 Å². The van der Waals surface area contributed by atoms with Crippen LogP contribution in [-0.2, 0) is 21.7 Å². The fourth-order valence-corrected chi connectivity index (χ4v) is 5.83. The molecule has 1 N–H and O–H groups in total.